The van der Waals surface area contributed by atoms with Crippen LogP contribution in [-0.4, -0.2) is 22.7 Å². The summed E-state index contributed by atoms with van der Waals surface area (Å²) in [4.78, 5) is 15.5. The summed E-state index contributed by atoms with van der Waals surface area (Å²) in [6.07, 6.45) is 3.18. The van der Waals surface area contributed by atoms with Crippen molar-refractivity contribution in [3.05, 3.63) is 95.8 Å². The van der Waals surface area contributed by atoms with E-state index in [2.05, 4.69) is 4.98 Å². The SMILES string of the molecule is N[C@H](CCOc1ccc(CC(CC(=O)O)c2ccccc2)cc1)c1ccccn1. The Kier molecular flexibility index (Phi) is 7.36. The zero-order valence-corrected chi connectivity index (χ0v) is 16.3. The van der Waals surface area contributed by atoms with E-state index >= 15 is 0 Å². The predicted octanol–water partition coefficient (Wildman–Crippen LogP) is 4.35. The minimum Gasteiger partial charge on any atom is -0.494 e. The molecule has 5 nitrogen and oxygen atoms in total. The van der Waals surface area contributed by atoms with Crippen molar-refractivity contribution in [1.82, 2.24) is 4.98 Å². The lowest BCUT2D eigenvalue weighted by molar-refractivity contribution is -0.137. The summed E-state index contributed by atoms with van der Waals surface area (Å²) in [6, 6.07) is 23.2. The molecule has 0 bridgehead atoms. The number of carboxylic acid groups (broad SMARTS) is 1. The molecule has 0 amide bonds. The quantitative estimate of drug-likeness (QED) is 0.537. The van der Waals surface area contributed by atoms with E-state index in [4.69, 9.17) is 10.5 Å². The van der Waals surface area contributed by atoms with Crippen molar-refractivity contribution >= 4 is 5.97 Å². The Morgan fingerprint density at radius 1 is 1.00 bits per heavy atom. The standard InChI is InChI=1S/C24H26N2O3/c25-22(23-8-4-5-14-26-23)13-15-29-21-11-9-18(10-12-21)16-20(17-24(27)28)19-6-2-1-3-7-19/h1-12,14,20,22H,13,15-17,25H2,(H,27,28)/t20?,22-/m1/s1. The van der Waals surface area contributed by atoms with Crippen LogP contribution in [0.2, 0.25) is 0 Å². The molecule has 0 radical (unpaired) electrons. The molecular weight excluding hydrogens is 364 g/mol. The van der Waals surface area contributed by atoms with Gasteiger partial charge < -0.3 is 15.6 Å². The van der Waals surface area contributed by atoms with E-state index in [0.29, 0.717) is 19.4 Å². The number of carboxylic acids is 1. The molecule has 3 rings (SSSR count). The van der Waals surface area contributed by atoms with E-state index in [0.717, 1.165) is 22.6 Å². The Morgan fingerprint density at radius 3 is 2.38 bits per heavy atom. The second-order valence-corrected chi connectivity index (χ2v) is 7.05. The lowest BCUT2D eigenvalue weighted by Crippen LogP contribution is -2.15. The maximum atomic E-state index is 11.3. The van der Waals surface area contributed by atoms with Gasteiger partial charge in [0, 0.05) is 12.6 Å². The van der Waals surface area contributed by atoms with Crippen molar-refractivity contribution in [1.29, 1.82) is 0 Å². The van der Waals surface area contributed by atoms with E-state index in [1.807, 2.05) is 72.8 Å². The Labute approximate surface area is 171 Å². The second kappa shape index (κ2) is 10.4. The number of aromatic nitrogens is 1. The normalized spacial score (nSPS) is 12.9. The minimum atomic E-state index is -0.789. The van der Waals surface area contributed by atoms with Crippen molar-refractivity contribution in [2.24, 2.45) is 5.73 Å². The van der Waals surface area contributed by atoms with Gasteiger partial charge in [0.2, 0.25) is 0 Å². The van der Waals surface area contributed by atoms with Crippen molar-refractivity contribution < 1.29 is 14.6 Å². The maximum Gasteiger partial charge on any atom is 0.303 e. The molecule has 0 aliphatic rings. The van der Waals surface area contributed by atoms with Gasteiger partial charge in [-0.3, -0.25) is 9.78 Å². The van der Waals surface area contributed by atoms with E-state index in [1.54, 1.807) is 6.20 Å². The van der Waals surface area contributed by atoms with Gasteiger partial charge >= 0.3 is 5.97 Å². The summed E-state index contributed by atoms with van der Waals surface area (Å²) < 4.78 is 5.81. The number of carbonyl (C=O) groups is 1. The van der Waals surface area contributed by atoms with Crippen LogP contribution in [0.3, 0.4) is 0 Å². The second-order valence-electron chi connectivity index (χ2n) is 7.05. The molecule has 150 valence electrons. The highest BCUT2D eigenvalue weighted by Gasteiger charge is 2.16. The van der Waals surface area contributed by atoms with Crippen LogP contribution >= 0.6 is 0 Å². The molecule has 0 saturated heterocycles. The molecule has 1 heterocycles. The first-order valence-electron chi connectivity index (χ1n) is 9.77. The van der Waals surface area contributed by atoms with Gasteiger partial charge in [-0.05, 0) is 47.7 Å². The Hall–Kier alpha value is -3.18. The highest BCUT2D eigenvalue weighted by Crippen LogP contribution is 2.25. The number of benzene rings is 2. The maximum absolute atomic E-state index is 11.3. The highest BCUT2D eigenvalue weighted by molar-refractivity contribution is 5.68. The molecule has 29 heavy (non-hydrogen) atoms. The molecule has 0 fully saturated rings. The summed E-state index contributed by atoms with van der Waals surface area (Å²) in [6.45, 7) is 0.503. The van der Waals surface area contributed by atoms with Crippen LogP contribution in [0.25, 0.3) is 0 Å². The molecule has 1 aromatic heterocycles. The Bertz CT molecular complexity index is 883. The monoisotopic (exact) mass is 390 g/mol. The highest BCUT2D eigenvalue weighted by atomic mass is 16.5. The molecule has 5 heteroatoms. The Balaban J connectivity index is 1.54. The molecule has 3 aromatic rings. The molecule has 0 aliphatic carbocycles. The lowest BCUT2D eigenvalue weighted by atomic mass is 9.89. The average molecular weight is 390 g/mol. The van der Waals surface area contributed by atoms with Crippen LogP contribution in [0.5, 0.6) is 5.75 Å². The predicted molar refractivity (Wildman–Crippen MR) is 113 cm³/mol. The molecule has 0 aliphatic heterocycles. The van der Waals surface area contributed by atoms with Crippen LogP contribution in [0.15, 0.2) is 79.0 Å². The van der Waals surface area contributed by atoms with Crippen molar-refractivity contribution in [3.8, 4) is 5.75 Å². The fourth-order valence-electron chi connectivity index (χ4n) is 3.30. The van der Waals surface area contributed by atoms with Crippen LogP contribution in [0.4, 0.5) is 0 Å². The van der Waals surface area contributed by atoms with Gasteiger partial charge in [0.1, 0.15) is 5.75 Å². The van der Waals surface area contributed by atoms with E-state index < -0.39 is 5.97 Å². The van der Waals surface area contributed by atoms with Gasteiger partial charge in [0.25, 0.3) is 0 Å². The summed E-state index contributed by atoms with van der Waals surface area (Å²) in [5.74, 6) is -0.0728. The van der Waals surface area contributed by atoms with Crippen molar-refractivity contribution in [3.63, 3.8) is 0 Å². The largest absolute Gasteiger partial charge is 0.494 e. The van der Waals surface area contributed by atoms with Gasteiger partial charge in [-0.2, -0.15) is 0 Å². The third kappa shape index (κ3) is 6.43. The third-order valence-corrected chi connectivity index (χ3v) is 4.86. The van der Waals surface area contributed by atoms with Crippen LogP contribution in [0.1, 0.15) is 41.6 Å². The van der Waals surface area contributed by atoms with E-state index in [9.17, 15) is 9.90 Å². The molecule has 2 atom stereocenters. The lowest BCUT2D eigenvalue weighted by Gasteiger charge is -2.16. The number of aliphatic carboxylic acids is 1. The topological polar surface area (TPSA) is 85.4 Å². The molecular formula is C24H26N2O3. The number of rotatable bonds is 10. The number of pyridine rings is 1. The van der Waals surface area contributed by atoms with Gasteiger partial charge in [-0.1, -0.05) is 48.5 Å². The molecule has 3 N–H and O–H groups in total. The minimum absolute atomic E-state index is 0.0585. The molecule has 0 saturated carbocycles. The summed E-state index contributed by atoms with van der Waals surface area (Å²) in [5.41, 5.74) is 9.12. The first kappa shape index (κ1) is 20.6. The summed E-state index contributed by atoms with van der Waals surface area (Å²) >= 11 is 0. The number of ether oxygens (including phenoxy) is 1. The fraction of sp³-hybridized carbons (Fsp3) is 0.250. The molecule has 0 spiro atoms. The van der Waals surface area contributed by atoms with Gasteiger partial charge in [-0.25, -0.2) is 0 Å². The summed E-state index contributed by atoms with van der Waals surface area (Å²) in [5, 5.41) is 9.26. The number of nitrogens with two attached hydrogens (primary N) is 1. The zero-order valence-electron chi connectivity index (χ0n) is 16.3. The number of nitrogens with zero attached hydrogens (tertiary/aromatic N) is 1. The van der Waals surface area contributed by atoms with Gasteiger partial charge in [0.05, 0.1) is 24.8 Å². The number of hydrogen-bond donors (Lipinski definition) is 2. The molecule has 2 aromatic carbocycles. The summed E-state index contributed by atoms with van der Waals surface area (Å²) in [7, 11) is 0. The van der Waals surface area contributed by atoms with Gasteiger partial charge in [-0.15, -0.1) is 0 Å². The van der Waals surface area contributed by atoms with Crippen LogP contribution < -0.4 is 10.5 Å². The number of hydrogen-bond acceptors (Lipinski definition) is 4. The van der Waals surface area contributed by atoms with E-state index in [-0.39, 0.29) is 18.4 Å². The third-order valence-electron chi connectivity index (χ3n) is 4.86. The zero-order chi connectivity index (χ0) is 20.5. The van der Waals surface area contributed by atoms with Crippen molar-refractivity contribution in [2.75, 3.05) is 6.61 Å². The van der Waals surface area contributed by atoms with E-state index in [1.165, 1.54) is 0 Å². The molecule has 1 unspecified atom stereocenters. The fourth-order valence-corrected chi connectivity index (χ4v) is 3.30. The first-order chi connectivity index (χ1) is 14.1. The van der Waals surface area contributed by atoms with Crippen LogP contribution in [-0.2, 0) is 11.2 Å². The Morgan fingerprint density at radius 2 is 1.72 bits per heavy atom. The average Bonchev–Trinajstić information content (AvgIpc) is 2.75. The van der Waals surface area contributed by atoms with Crippen LogP contribution in [0, 0.1) is 0 Å². The first-order valence-corrected chi connectivity index (χ1v) is 9.77. The van der Waals surface area contributed by atoms with Crippen molar-refractivity contribution in [2.45, 2.75) is 31.2 Å². The smallest absolute Gasteiger partial charge is 0.303 e. The van der Waals surface area contributed by atoms with Gasteiger partial charge in [0.15, 0.2) is 0 Å².